The van der Waals surface area contributed by atoms with E-state index in [4.69, 9.17) is 18.9 Å². The van der Waals surface area contributed by atoms with Gasteiger partial charge >= 0.3 is 23.9 Å². The molecule has 0 spiro atoms. The van der Waals surface area contributed by atoms with E-state index in [0.29, 0.717) is 12.8 Å². The van der Waals surface area contributed by atoms with E-state index in [2.05, 4.69) is 6.58 Å². The van der Waals surface area contributed by atoms with Gasteiger partial charge in [-0.1, -0.05) is 19.4 Å². The molecule has 37 heavy (non-hydrogen) atoms. The second-order valence-corrected chi connectivity index (χ2v) is 11.7. The van der Waals surface area contributed by atoms with E-state index in [1.54, 1.807) is 0 Å². The molecule has 3 rings (SSSR count). The molecule has 0 N–H and O–H groups in total. The molecule has 0 aromatic heterocycles. The van der Waals surface area contributed by atoms with Crippen molar-refractivity contribution in [3.63, 3.8) is 0 Å². The molecule has 3 atom stereocenters. The quantitative estimate of drug-likeness (QED) is 0.176. The van der Waals surface area contributed by atoms with E-state index in [1.165, 1.54) is 6.92 Å². The Hall–Kier alpha value is -2.38. The highest BCUT2D eigenvalue weighted by Gasteiger charge is 2.46. The summed E-state index contributed by atoms with van der Waals surface area (Å²) in [5.41, 5.74) is -0.735. The highest BCUT2D eigenvalue weighted by Crippen LogP contribution is 2.40. The van der Waals surface area contributed by atoms with Crippen molar-refractivity contribution in [3.05, 3.63) is 12.2 Å². The summed E-state index contributed by atoms with van der Waals surface area (Å²) in [7, 11) is 0. The number of hydrogen-bond acceptors (Lipinski definition) is 8. The molecule has 0 radical (unpaired) electrons. The van der Waals surface area contributed by atoms with Gasteiger partial charge in [-0.3, -0.25) is 14.4 Å². The summed E-state index contributed by atoms with van der Waals surface area (Å²) in [5, 5.41) is 0. The van der Waals surface area contributed by atoms with Crippen molar-refractivity contribution in [2.24, 2.45) is 17.8 Å². The predicted molar refractivity (Wildman–Crippen MR) is 136 cm³/mol. The fourth-order valence-corrected chi connectivity index (χ4v) is 5.88. The van der Waals surface area contributed by atoms with Gasteiger partial charge in [-0.2, -0.15) is 0 Å². The minimum atomic E-state index is -0.818. The first kappa shape index (κ1) is 29.2. The van der Waals surface area contributed by atoms with E-state index in [0.717, 1.165) is 64.2 Å². The Kier molecular flexibility index (Phi) is 10.2. The van der Waals surface area contributed by atoms with Gasteiger partial charge in [0.15, 0.2) is 0 Å². The van der Waals surface area contributed by atoms with Crippen LogP contribution in [0, 0.1) is 17.8 Å². The average molecular weight is 521 g/mol. The first-order valence-corrected chi connectivity index (χ1v) is 14.0. The normalized spacial score (nSPS) is 26.8. The summed E-state index contributed by atoms with van der Waals surface area (Å²) >= 11 is 0. The molecule has 0 aliphatic heterocycles. The number of hydrogen-bond donors (Lipinski definition) is 0. The van der Waals surface area contributed by atoms with Crippen molar-refractivity contribution in [2.45, 2.75) is 115 Å². The van der Waals surface area contributed by atoms with Crippen LogP contribution in [0.1, 0.15) is 104 Å². The van der Waals surface area contributed by atoms with E-state index < -0.39 is 46.9 Å². The number of carbonyl (C=O) groups is 4. The van der Waals surface area contributed by atoms with Gasteiger partial charge in [-0.25, -0.2) is 4.79 Å². The Labute approximate surface area is 220 Å². The lowest BCUT2D eigenvalue weighted by Gasteiger charge is -2.39. The summed E-state index contributed by atoms with van der Waals surface area (Å²) in [6, 6.07) is 0. The molecule has 3 fully saturated rings. The minimum Gasteiger partial charge on any atom is -0.462 e. The van der Waals surface area contributed by atoms with Crippen LogP contribution in [0.4, 0.5) is 0 Å². The first-order valence-electron chi connectivity index (χ1n) is 14.0. The molecule has 3 aliphatic carbocycles. The molecule has 0 bridgehead atoms. The molecule has 0 amide bonds. The Bertz CT molecular complexity index is 850. The van der Waals surface area contributed by atoms with Crippen LogP contribution in [0.3, 0.4) is 0 Å². The summed E-state index contributed by atoms with van der Waals surface area (Å²) in [6.07, 6.45) is 10.7. The number of rotatable bonds is 9. The molecule has 3 aliphatic rings. The molecule has 208 valence electrons. The average Bonchev–Trinajstić information content (AvgIpc) is 2.86. The van der Waals surface area contributed by atoms with Gasteiger partial charge in [-0.15, -0.1) is 0 Å². The van der Waals surface area contributed by atoms with Crippen molar-refractivity contribution < 1.29 is 38.1 Å². The SMILES string of the molecule is C=C(C)C(=O)OCCOC(=O)C1CC(C(=O)OC2(C)CCCCC2)CCC1C(=O)OC1(C)CCCCC1. The van der Waals surface area contributed by atoms with Gasteiger partial charge in [-0.05, 0) is 91.4 Å². The molecule has 0 aromatic carbocycles. The van der Waals surface area contributed by atoms with Crippen LogP contribution < -0.4 is 0 Å². The minimum absolute atomic E-state index is 0.110. The van der Waals surface area contributed by atoms with Crippen molar-refractivity contribution in [1.29, 1.82) is 0 Å². The Morgan fingerprint density at radius 2 is 1.22 bits per heavy atom. The van der Waals surface area contributed by atoms with Gasteiger partial charge in [0.2, 0.25) is 0 Å². The van der Waals surface area contributed by atoms with Crippen molar-refractivity contribution in [1.82, 2.24) is 0 Å². The molecule has 0 heterocycles. The molecular formula is C29H44O8. The maximum atomic E-state index is 13.3. The molecule has 0 saturated heterocycles. The van der Waals surface area contributed by atoms with Crippen molar-refractivity contribution in [3.8, 4) is 0 Å². The van der Waals surface area contributed by atoms with Crippen LogP contribution in [0.2, 0.25) is 0 Å². The predicted octanol–water partition coefficient (Wildman–Crippen LogP) is 5.21. The van der Waals surface area contributed by atoms with Crippen molar-refractivity contribution >= 4 is 23.9 Å². The summed E-state index contributed by atoms with van der Waals surface area (Å²) < 4.78 is 22.3. The Morgan fingerprint density at radius 3 is 1.76 bits per heavy atom. The second-order valence-electron chi connectivity index (χ2n) is 11.7. The Morgan fingerprint density at radius 1 is 0.703 bits per heavy atom. The van der Waals surface area contributed by atoms with Crippen LogP contribution in [0.5, 0.6) is 0 Å². The fraction of sp³-hybridized carbons (Fsp3) is 0.793. The van der Waals surface area contributed by atoms with E-state index >= 15 is 0 Å². The molecule has 8 nitrogen and oxygen atoms in total. The fourth-order valence-electron chi connectivity index (χ4n) is 5.88. The first-order chi connectivity index (χ1) is 17.5. The number of esters is 4. The van der Waals surface area contributed by atoms with Gasteiger partial charge in [0, 0.05) is 5.57 Å². The third-order valence-electron chi connectivity index (χ3n) is 8.21. The molecule has 0 aromatic rings. The maximum Gasteiger partial charge on any atom is 0.333 e. The third-order valence-corrected chi connectivity index (χ3v) is 8.21. The third kappa shape index (κ3) is 8.30. The lowest BCUT2D eigenvalue weighted by atomic mass is 9.73. The smallest absolute Gasteiger partial charge is 0.333 e. The van der Waals surface area contributed by atoms with E-state index in [1.807, 2.05) is 13.8 Å². The van der Waals surface area contributed by atoms with Gasteiger partial charge in [0.1, 0.15) is 24.4 Å². The Balaban J connectivity index is 1.65. The highest BCUT2D eigenvalue weighted by molar-refractivity contribution is 5.87. The lowest BCUT2D eigenvalue weighted by molar-refractivity contribution is -0.180. The second kappa shape index (κ2) is 12.9. The topological polar surface area (TPSA) is 105 Å². The maximum absolute atomic E-state index is 13.3. The lowest BCUT2D eigenvalue weighted by Crippen LogP contribution is -2.44. The van der Waals surface area contributed by atoms with Gasteiger partial charge in [0.25, 0.3) is 0 Å². The van der Waals surface area contributed by atoms with Crippen LogP contribution in [0.25, 0.3) is 0 Å². The largest absolute Gasteiger partial charge is 0.462 e. The summed E-state index contributed by atoms with van der Waals surface area (Å²) in [5.74, 6) is -3.82. The molecule has 3 unspecified atom stereocenters. The van der Waals surface area contributed by atoms with Gasteiger partial charge < -0.3 is 18.9 Å². The highest BCUT2D eigenvalue weighted by atomic mass is 16.6. The van der Waals surface area contributed by atoms with Crippen LogP contribution in [-0.4, -0.2) is 48.3 Å². The summed E-state index contributed by atoms with van der Waals surface area (Å²) in [6.45, 7) is 8.75. The molecule has 3 saturated carbocycles. The zero-order valence-electron chi connectivity index (χ0n) is 22.8. The number of ether oxygens (including phenoxy) is 4. The molecule has 8 heteroatoms. The zero-order valence-corrected chi connectivity index (χ0v) is 22.8. The standard InChI is InChI=1S/C29H44O8/c1-20(2)24(30)34-17-18-35-26(32)23-19-21(25(31)36-28(3)13-7-5-8-14-28)11-12-22(23)27(33)37-29(4)15-9-6-10-16-29/h21-23H,1,5-19H2,2-4H3. The van der Waals surface area contributed by atoms with Crippen LogP contribution >= 0.6 is 0 Å². The molecular weight excluding hydrogens is 476 g/mol. The van der Waals surface area contributed by atoms with Crippen LogP contribution in [0.15, 0.2) is 12.2 Å². The number of carbonyl (C=O) groups excluding carboxylic acids is 4. The van der Waals surface area contributed by atoms with Crippen LogP contribution in [-0.2, 0) is 38.1 Å². The van der Waals surface area contributed by atoms with Crippen molar-refractivity contribution in [2.75, 3.05) is 13.2 Å². The monoisotopic (exact) mass is 520 g/mol. The zero-order chi connectivity index (χ0) is 27.1. The van der Waals surface area contributed by atoms with E-state index in [-0.39, 0.29) is 31.2 Å². The van der Waals surface area contributed by atoms with E-state index in [9.17, 15) is 19.2 Å². The van der Waals surface area contributed by atoms with Gasteiger partial charge in [0.05, 0.1) is 17.8 Å². The summed E-state index contributed by atoms with van der Waals surface area (Å²) in [4.78, 5) is 51.2.